The molecule has 0 spiro atoms. The maximum absolute atomic E-state index is 11.8. The van der Waals surface area contributed by atoms with Crippen molar-refractivity contribution in [3.8, 4) is 0 Å². The number of hydrogen-bond acceptors (Lipinski definition) is 4. The molecule has 0 saturated carbocycles. The van der Waals surface area contributed by atoms with Crippen molar-refractivity contribution in [1.29, 1.82) is 0 Å². The lowest BCUT2D eigenvalue weighted by Gasteiger charge is -2.05. The molecular formula is C9H13N5O2. The molecule has 1 N–H and O–H groups in total. The van der Waals surface area contributed by atoms with E-state index in [4.69, 9.17) is 0 Å². The number of rotatable bonds is 1. The average molecular weight is 223 g/mol. The summed E-state index contributed by atoms with van der Waals surface area (Å²) >= 11 is 0. The maximum atomic E-state index is 11.8. The Morgan fingerprint density at radius 3 is 2.38 bits per heavy atom. The lowest BCUT2D eigenvalue weighted by atomic mass is 10.5. The van der Waals surface area contributed by atoms with Crippen LogP contribution in [0.3, 0.4) is 0 Å². The van der Waals surface area contributed by atoms with Gasteiger partial charge in [0, 0.05) is 28.2 Å². The summed E-state index contributed by atoms with van der Waals surface area (Å²) in [5, 5.41) is 0. The Morgan fingerprint density at radius 2 is 1.81 bits per heavy atom. The number of anilines is 1. The van der Waals surface area contributed by atoms with Crippen LogP contribution in [-0.2, 0) is 14.1 Å². The minimum atomic E-state index is -0.380. The van der Waals surface area contributed by atoms with E-state index in [0.717, 1.165) is 4.57 Å². The van der Waals surface area contributed by atoms with E-state index in [1.165, 1.54) is 11.6 Å². The second-order valence-corrected chi connectivity index (χ2v) is 3.86. The quantitative estimate of drug-likeness (QED) is 0.674. The van der Waals surface area contributed by atoms with E-state index >= 15 is 0 Å². The van der Waals surface area contributed by atoms with Crippen molar-refractivity contribution >= 4 is 17.1 Å². The first-order valence-electron chi connectivity index (χ1n) is 4.76. The van der Waals surface area contributed by atoms with Crippen LogP contribution in [0.2, 0.25) is 0 Å². The molecule has 2 aromatic heterocycles. The highest BCUT2D eigenvalue weighted by Gasteiger charge is 2.13. The van der Waals surface area contributed by atoms with Crippen LogP contribution in [-0.4, -0.2) is 33.2 Å². The van der Waals surface area contributed by atoms with E-state index < -0.39 is 0 Å². The Labute approximate surface area is 90.9 Å². The fourth-order valence-corrected chi connectivity index (χ4v) is 1.53. The zero-order valence-corrected chi connectivity index (χ0v) is 9.61. The van der Waals surface area contributed by atoms with E-state index in [-0.39, 0.29) is 11.2 Å². The van der Waals surface area contributed by atoms with Crippen LogP contribution < -0.4 is 16.1 Å². The van der Waals surface area contributed by atoms with Crippen molar-refractivity contribution in [3.05, 3.63) is 20.8 Å². The highest BCUT2D eigenvalue weighted by atomic mass is 16.2. The highest BCUT2D eigenvalue weighted by molar-refractivity contribution is 5.72. The molecule has 0 aliphatic rings. The van der Waals surface area contributed by atoms with Gasteiger partial charge in [0.05, 0.1) is 0 Å². The number of aromatic amines is 1. The van der Waals surface area contributed by atoms with Crippen LogP contribution in [0.1, 0.15) is 0 Å². The topological polar surface area (TPSA) is 75.9 Å². The lowest BCUT2D eigenvalue weighted by molar-refractivity contribution is 0.708. The number of fused-ring (bicyclic) bond motifs is 1. The molecule has 0 aliphatic heterocycles. The molecule has 0 aliphatic carbocycles. The first-order chi connectivity index (χ1) is 7.43. The smallest absolute Gasteiger partial charge is 0.332 e. The van der Waals surface area contributed by atoms with E-state index in [1.807, 2.05) is 0 Å². The van der Waals surface area contributed by atoms with E-state index in [1.54, 1.807) is 26.0 Å². The average Bonchev–Trinajstić information content (AvgIpc) is 2.68. The van der Waals surface area contributed by atoms with E-state index in [0.29, 0.717) is 17.1 Å². The highest BCUT2D eigenvalue weighted by Crippen LogP contribution is 2.09. The van der Waals surface area contributed by atoms with Crippen molar-refractivity contribution in [3.63, 3.8) is 0 Å². The third kappa shape index (κ3) is 1.24. The SMILES string of the molecule is CN(C)c1nc2c([nH]1)c(=O)n(C)c(=O)n2C. The molecule has 0 unspecified atom stereocenters. The Kier molecular flexibility index (Phi) is 2.11. The van der Waals surface area contributed by atoms with Crippen molar-refractivity contribution in [2.75, 3.05) is 19.0 Å². The molecule has 0 bridgehead atoms. The third-order valence-corrected chi connectivity index (χ3v) is 2.51. The molecule has 0 atom stereocenters. The van der Waals surface area contributed by atoms with Gasteiger partial charge in [-0.15, -0.1) is 0 Å². The molecule has 2 rings (SSSR count). The minimum Gasteiger partial charge on any atom is -0.348 e. The number of aromatic nitrogens is 4. The predicted octanol–water partition coefficient (Wildman–Crippen LogP) is -0.974. The summed E-state index contributed by atoms with van der Waals surface area (Å²) in [5.74, 6) is 0.549. The van der Waals surface area contributed by atoms with Gasteiger partial charge >= 0.3 is 5.69 Å². The molecule has 2 heterocycles. The van der Waals surface area contributed by atoms with Gasteiger partial charge in [0.1, 0.15) is 0 Å². The summed E-state index contributed by atoms with van der Waals surface area (Å²) in [5.41, 5.74) is -0.0295. The van der Waals surface area contributed by atoms with Crippen molar-refractivity contribution in [2.24, 2.45) is 14.1 Å². The van der Waals surface area contributed by atoms with Gasteiger partial charge in [0.25, 0.3) is 5.56 Å². The lowest BCUT2D eigenvalue weighted by Crippen LogP contribution is -2.36. The van der Waals surface area contributed by atoms with Gasteiger partial charge in [0.2, 0.25) is 5.95 Å². The number of nitrogens with zero attached hydrogens (tertiary/aromatic N) is 4. The molecule has 7 heteroatoms. The standard InChI is InChI=1S/C9H13N5O2/c1-12(2)8-10-5-6(11-8)13(3)9(16)14(4)7(5)15/h1-4H3,(H,10,11). The molecule has 7 nitrogen and oxygen atoms in total. The predicted molar refractivity (Wildman–Crippen MR) is 60.9 cm³/mol. The Morgan fingerprint density at radius 1 is 1.19 bits per heavy atom. The second kappa shape index (κ2) is 3.22. The molecule has 0 radical (unpaired) electrons. The second-order valence-electron chi connectivity index (χ2n) is 3.86. The normalized spacial score (nSPS) is 11.0. The molecular weight excluding hydrogens is 210 g/mol. The third-order valence-electron chi connectivity index (χ3n) is 2.51. The summed E-state index contributed by atoms with van der Waals surface area (Å²) in [6, 6.07) is 0. The van der Waals surface area contributed by atoms with Crippen LogP contribution in [0.15, 0.2) is 9.59 Å². The van der Waals surface area contributed by atoms with Crippen molar-refractivity contribution in [2.45, 2.75) is 0 Å². The molecule has 0 fully saturated rings. The minimum absolute atomic E-state index is 0.341. The molecule has 0 amide bonds. The van der Waals surface area contributed by atoms with Gasteiger partial charge in [-0.2, -0.15) is 4.98 Å². The number of imidazole rings is 1. The number of hydrogen-bond donors (Lipinski definition) is 1. The zero-order valence-electron chi connectivity index (χ0n) is 9.61. The first kappa shape index (κ1) is 10.5. The molecule has 0 saturated heterocycles. The number of H-pyrrole nitrogens is 1. The Bertz CT molecular complexity index is 661. The van der Waals surface area contributed by atoms with E-state index in [2.05, 4.69) is 9.97 Å². The monoisotopic (exact) mass is 223 g/mol. The molecule has 2 aromatic rings. The fraction of sp³-hybridized carbons (Fsp3) is 0.444. The summed E-state index contributed by atoms with van der Waals surface area (Å²) in [6.07, 6.45) is 0. The van der Waals surface area contributed by atoms with Crippen LogP contribution in [0.5, 0.6) is 0 Å². The van der Waals surface area contributed by atoms with Gasteiger partial charge < -0.3 is 9.88 Å². The summed E-state index contributed by atoms with van der Waals surface area (Å²) in [6.45, 7) is 0. The van der Waals surface area contributed by atoms with Gasteiger partial charge in [-0.3, -0.25) is 13.9 Å². The maximum Gasteiger partial charge on any atom is 0.332 e. The molecule has 0 aromatic carbocycles. The first-order valence-corrected chi connectivity index (χ1v) is 4.76. The van der Waals surface area contributed by atoms with Crippen LogP contribution in [0.4, 0.5) is 5.95 Å². The van der Waals surface area contributed by atoms with Crippen molar-refractivity contribution < 1.29 is 0 Å². The van der Waals surface area contributed by atoms with E-state index in [9.17, 15) is 9.59 Å². The van der Waals surface area contributed by atoms with Gasteiger partial charge in [-0.25, -0.2) is 4.79 Å². The van der Waals surface area contributed by atoms with Gasteiger partial charge in [-0.1, -0.05) is 0 Å². The summed E-state index contributed by atoms with van der Waals surface area (Å²) in [4.78, 5) is 32.3. The van der Waals surface area contributed by atoms with Crippen LogP contribution in [0.25, 0.3) is 11.2 Å². The fourth-order valence-electron chi connectivity index (χ4n) is 1.53. The summed E-state index contributed by atoms with van der Waals surface area (Å²) in [7, 11) is 6.64. The molecule has 86 valence electrons. The van der Waals surface area contributed by atoms with Gasteiger partial charge in [-0.05, 0) is 0 Å². The van der Waals surface area contributed by atoms with Crippen LogP contribution >= 0.6 is 0 Å². The molecule has 16 heavy (non-hydrogen) atoms. The van der Waals surface area contributed by atoms with Crippen molar-refractivity contribution in [1.82, 2.24) is 19.1 Å². The Hall–Kier alpha value is -2.05. The summed E-state index contributed by atoms with van der Waals surface area (Å²) < 4.78 is 2.40. The largest absolute Gasteiger partial charge is 0.348 e. The van der Waals surface area contributed by atoms with Crippen LogP contribution in [0, 0.1) is 0 Å². The van der Waals surface area contributed by atoms with Gasteiger partial charge in [0.15, 0.2) is 11.2 Å². The number of nitrogens with one attached hydrogen (secondary N) is 1. The number of aryl methyl sites for hydroxylation is 1. The Balaban J connectivity index is 2.98. The zero-order chi connectivity index (χ0) is 12.0.